The Labute approximate surface area is 135 Å². The number of rotatable bonds is 3. The fourth-order valence-electron chi connectivity index (χ4n) is 3.82. The summed E-state index contributed by atoms with van der Waals surface area (Å²) in [7, 11) is 2.21. The molecule has 0 bridgehead atoms. The van der Waals surface area contributed by atoms with Crippen LogP contribution in [0.5, 0.6) is 0 Å². The minimum atomic E-state index is -0.189. The van der Waals surface area contributed by atoms with E-state index < -0.39 is 0 Å². The van der Waals surface area contributed by atoms with Crippen molar-refractivity contribution < 1.29 is 0 Å². The van der Waals surface area contributed by atoms with E-state index in [0.29, 0.717) is 13.0 Å². The number of hydrogen-bond acceptors (Lipinski definition) is 6. The number of likely N-dealkylation sites (N-methyl/N-ethyl adjacent to an activating group) is 1. The van der Waals surface area contributed by atoms with E-state index in [9.17, 15) is 0 Å². The van der Waals surface area contributed by atoms with Gasteiger partial charge in [0.1, 0.15) is 0 Å². The lowest BCUT2D eigenvalue weighted by atomic mass is 9.60. The predicted molar refractivity (Wildman–Crippen MR) is 92.8 cm³/mol. The molecule has 9 heteroatoms. The van der Waals surface area contributed by atoms with Crippen molar-refractivity contribution in [2.75, 3.05) is 18.8 Å². The third-order valence-electron chi connectivity index (χ3n) is 5.10. The van der Waals surface area contributed by atoms with Gasteiger partial charge in [-0.2, -0.15) is 0 Å². The van der Waals surface area contributed by atoms with Gasteiger partial charge in [0.15, 0.2) is 0 Å². The highest BCUT2D eigenvalue weighted by atomic mass is 15.6. The van der Waals surface area contributed by atoms with E-state index >= 15 is 0 Å². The molecule has 0 aromatic carbocycles. The molecule has 0 amide bonds. The summed E-state index contributed by atoms with van der Waals surface area (Å²) < 4.78 is 4.42. The standard InChI is InChI=1S/C13H29B2N7/c1-8-10-21-14(5)16-12-17-18-19-22(12)13(3,4)11(9-2)20(7)15(21)6/h11H,8-10H2,1-7H3,(H,16,17,19). The van der Waals surface area contributed by atoms with Crippen LogP contribution in [0, 0.1) is 0 Å². The average Bonchev–Trinajstić information content (AvgIpc) is 2.92. The maximum absolute atomic E-state index is 4.26. The van der Waals surface area contributed by atoms with Gasteiger partial charge < -0.3 is 14.8 Å². The molecular weight excluding hydrogens is 276 g/mol. The number of hydrogen-bond donors (Lipinski definition) is 1. The highest BCUT2D eigenvalue weighted by molar-refractivity contribution is 6.71. The van der Waals surface area contributed by atoms with Crippen LogP contribution in [0.3, 0.4) is 0 Å². The predicted octanol–water partition coefficient (Wildman–Crippen LogP) is 1.49. The van der Waals surface area contributed by atoms with Crippen molar-refractivity contribution in [3.8, 4) is 0 Å². The Kier molecular flexibility index (Phi) is 5.17. The second-order valence-corrected chi connectivity index (χ2v) is 6.85. The van der Waals surface area contributed by atoms with E-state index in [1.807, 2.05) is 4.68 Å². The van der Waals surface area contributed by atoms with Crippen LogP contribution in [0.2, 0.25) is 13.6 Å². The van der Waals surface area contributed by atoms with E-state index in [4.69, 9.17) is 0 Å². The molecule has 1 aromatic heterocycles. The van der Waals surface area contributed by atoms with Crippen LogP contribution in [-0.4, -0.2) is 63.3 Å². The maximum Gasteiger partial charge on any atom is 0.329 e. The Morgan fingerprint density at radius 2 is 1.95 bits per heavy atom. The Morgan fingerprint density at radius 1 is 1.27 bits per heavy atom. The van der Waals surface area contributed by atoms with Gasteiger partial charge in [0.05, 0.1) is 5.54 Å². The molecule has 1 aliphatic rings. The third kappa shape index (κ3) is 2.88. The van der Waals surface area contributed by atoms with Gasteiger partial charge in [0.25, 0.3) is 6.98 Å². The highest BCUT2D eigenvalue weighted by Crippen LogP contribution is 2.30. The molecule has 1 atom stereocenters. The second-order valence-electron chi connectivity index (χ2n) is 6.85. The molecule has 1 aliphatic heterocycles. The quantitative estimate of drug-likeness (QED) is 0.854. The third-order valence-corrected chi connectivity index (χ3v) is 5.10. The summed E-state index contributed by atoms with van der Waals surface area (Å²) in [6, 6.07) is 0.344. The van der Waals surface area contributed by atoms with Gasteiger partial charge in [-0.05, 0) is 50.7 Å². The Balaban J connectivity index is 2.50. The largest absolute Gasteiger partial charge is 0.383 e. The number of anilines is 1. The van der Waals surface area contributed by atoms with E-state index in [2.05, 4.69) is 78.7 Å². The van der Waals surface area contributed by atoms with E-state index in [1.165, 1.54) is 0 Å². The lowest BCUT2D eigenvalue weighted by Gasteiger charge is -2.43. The van der Waals surface area contributed by atoms with Crippen LogP contribution in [0.1, 0.15) is 40.5 Å². The molecule has 2 heterocycles. The molecule has 1 unspecified atom stereocenters. The van der Waals surface area contributed by atoms with Gasteiger partial charge in [-0.3, -0.25) is 0 Å². The second kappa shape index (κ2) is 6.58. The molecule has 0 aliphatic carbocycles. The van der Waals surface area contributed by atoms with Gasteiger partial charge in [-0.25, -0.2) is 4.68 Å². The molecule has 0 spiro atoms. The topological polar surface area (TPSA) is 62.1 Å². The number of nitrogens with one attached hydrogen (secondary N) is 1. The molecule has 2 rings (SSSR count). The summed E-state index contributed by atoms with van der Waals surface area (Å²) >= 11 is 0. The van der Waals surface area contributed by atoms with Crippen molar-refractivity contribution in [2.45, 2.75) is 65.8 Å². The Hall–Kier alpha value is -1.08. The van der Waals surface area contributed by atoms with Crippen molar-refractivity contribution >= 4 is 19.9 Å². The first-order chi connectivity index (χ1) is 10.3. The molecule has 1 N–H and O–H groups in total. The number of aromatic nitrogens is 4. The van der Waals surface area contributed by atoms with E-state index in [-0.39, 0.29) is 12.5 Å². The van der Waals surface area contributed by atoms with Crippen LogP contribution in [0.25, 0.3) is 0 Å². The summed E-state index contributed by atoms with van der Waals surface area (Å²) in [5, 5.41) is 15.9. The van der Waals surface area contributed by atoms with Crippen LogP contribution in [-0.2, 0) is 5.54 Å². The smallest absolute Gasteiger partial charge is 0.329 e. The molecule has 0 saturated carbocycles. The molecular formula is C13H29B2N7. The first kappa shape index (κ1) is 17.3. The van der Waals surface area contributed by atoms with Gasteiger partial charge in [-0.1, -0.05) is 32.6 Å². The normalized spacial score (nSPS) is 23.5. The van der Waals surface area contributed by atoms with Crippen LogP contribution in [0.4, 0.5) is 5.95 Å². The number of nitrogens with zero attached hydrogens (tertiary/aromatic N) is 6. The van der Waals surface area contributed by atoms with Gasteiger partial charge in [0, 0.05) is 6.04 Å². The van der Waals surface area contributed by atoms with E-state index in [1.54, 1.807) is 0 Å². The average molecular weight is 305 g/mol. The molecule has 1 aromatic rings. The maximum atomic E-state index is 4.26. The zero-order valence-corrected chi connectivity index (χ0v) is 15.0. The first-order valence-corrected chi connectivity index (χ1v) is 8.37. The lowest BCUT2D eigenvalue weighted by Crippen LogP contribution is -2.61. The molecule has 122 valence electrons. The first-order valence-electron chi connectivity index (χ1n) is 8.37. The fourth-order valence-corrected chi connectivity index (χ4v) is 3.82. The van der Waals surface area contributed by atoms with Crippen molar-refractivity contribution in [2.24, 2.45) is 0 Å². The minimum Gasteiger partial charge on any atom is -0.383 e. The van der Waals surface area contributed by atoms with Crippen molar-refractivity contribution in [1.82, 2.24) is 29.7 Å². The summed E-state index contributed by atoms with van der Waals surface area (Å²) in [5.74, 6) is 0.750. The Morgan fingerprint density at radius 3 is 2.55 bits per heavy atom. The molecule has 0 saturated heterocycles. The zero-order valence-electron chi connectivity index (χ0n) is 15.0. The van der Waals surface area contributed by atoms with Crippen molar-refractivity contribution in [3.63, 3.8) is 0 Å². The number of tetrazole rings is 1. The molecule has 0 radical (unpaired) electrons. The van der Waals surface area contributed by atoms with E-state index in [0.717, 1.165) is 25.3 Å². The van der Waals surface area contributed by atoms with Crippen LogP contribution in [0.15, 0.2) is 0 Å². The zero-order chi connectivity index (χ0) is 16.5. The molecule has 7 nitrogen and oxygen atoms in total. The lowest BCUT2D eigenvalue weighted by molar-refractivity contribution is 0.155. The fraction of sp³-hybridized carbons (Fsp3) is 0.923. The molecule has 22 heavy (non-hydrogen) atoms. The summed E-state index contributed by atoms with van der Waals surface area (Å²) in [6.45, 7) is 14.9. The number of fused-ring (bicyclic) bond motifs is 1. The van der Waals surface area contributed by atoms with Gasteiger partial charge >= 0.3 is 6.98 Å². The summed E-state index contributed by atoms with van der Waals surface area (Å²) in [5.41, 5.74) is -0.189. The van der Waals surface area contributed by atoms with Crippen molar-refractivity contribution in [1.29, 1.82) is 0 Å². The Bertz CT molecular complexity index is 492. The van der Waals surface area contributed by atoms with Gasteiger partial charge in [-0.15, -0.1) is 0 Å². The highest BCUT2D eigenvalue weighted by Gasteiger charge is 2.43. The van der Waals surface area contributed by atoms with Gasteiger partial charge in [0.2, 0.25) is 5.95 Å². The molecule has 0 fully saturated rings. The minimum absolute atomic E-state index is 0.175. The SMILES string of the molecule is CCCN1B(C)Nc2nnnn2C(C)(C)C(CC)N(C)B1C. The van der Waals surface area contributed by atoms with Crippen molar-refractivity contribution in [3.05, 3.63) is 0 Å². The van der Waals surface area contributed by atoms with Crippen LogP contribution < -0.4 is 5.23 Å². The summed E-state index contributed by atoms with van der Waals surface area (Å²) in [6.07, 6.45) is 2.16. The van der Waals surface area contributed by atoms with Crippen LogP contribution >= 0.6 is 0 Å². The monoisotopic (exact) mass is 305 g/mol. The summed E-state index contributed by atoms with van der Waals surface area (Å²) in [4.78, 5) is 2.46.